The van der Waals surface area contributed by atoms with E-state index in [1.165, 1.54) is 5.56 Å². The minimum absolute atomic E-state index is 0.00374. The second kappa shape index (κ2) is 5.28. The molecule has 0 bridgehead atoms. The molecule has 98 valence electrons. The van der Waals surface area contributed by atoms with Crippen molar-refractivity contribution in [2.75, 3.05) is 26.7 Å². The number of β-amino-alcohol motifs (C(OH)–C–C–N with tert-alkyl or cyclic N) is 1. The average Bonchev–Trinajstić information content (AvgIpc) is 2.61. The fraction of sp³-hybridized carbons (Fsp3) is 0.462. The van der Waals surface area contributed by atoms with Crippen molar-refractivity contribution in [2.45, 2.75) is 13.0 Å². The van der Waals surface area contributed by atoms with E-state index in [2.05, 4.69) is 28.9 Å². The summed E-state index contributed by atoms with van der Waals surface area (Å²) in [6.07, 6.45) is 0. The van der Waals surface area contributed by atoms with Gasteiger partial charge in [-0.15, -0.1) is 0 Å². The van der Waals surface area contributed by atoms with Crippen LogP contribution in [-0.2, 0) is 0 Å². The van der Waals surface area contributed by atoms with Gasteiger partial charge in [0.2, 0.25) is 0 Å². The maximum absolute atomic E-state index is 12.0. The quantitative estimate of drug-likeness (QED) is 0.929. The predicted octanol–water partition coefficient (Wildman–Crippen LogP) is 2.16. The molecule has 18 heavy (non-hydrogen) atoms. The number of likely N-dealkylation sites (N-methyl/N-ethyl adjacent to an activating group) is 1. The van der Waals surface area contributed by atoms with Gasteiger partial charge in [0.15, 0.2) is 0 Å². The molecule has 1 fully saturated rings. The molecule has 5 heteroatoms. The first-order chi connectivity index (χ1) is 8.54. The van der Waals surface area contributed by atoms with Crippen molar-refractivity contribution in [1.82, 2.24) is 9.80 Å². The van der Waals surface area contributed by atoms with Crippen LogP contribution in [0.25, 0.3) is 0 Å². The number of rotatable bonds is 3. The zero-order valence-electron chi connectivity index (χ0n) is 10.6. The first kappa shape index (κ1) is 13.4. The number of aliphatic hydroxyl groups is 1. The van der Waals surface area contributed by atoms with Crippen LogP contribution in [0, 0.1) is 6.92 Å². The number of hydrogen-bond donors (Lipinski definition) is 1. The first-order valence-electron chi connectivity index (χ1n) is 5.93. The number of halogens is 1. The van der Waals surface area contributed by atoms with Gasteiger partial charge in [0, 0.05) is 24.6 Å². The summed E-state index contributed by atoms with van der Waals surface area (Å²) in [5.74, 6) is 0. The molecule has 1 heterocycles. The minimum Gasteiger partial charge on any atom is -0.395 e. The maximum Gasteiger partial charge on any atom is 0.320 e. The Bertz CT molecular complexity index is 464. The molecule has 4 nitrogen and oxygen atoms in total. The molecule has 1 aliphatic rings. The number of nitrogens with zero attached hydrogens (tertiary/aromatic N) is 2. The minimum atomic E-state index is -0.0200. The van der Waals surface area contributed by atoms with Crippen molar-refractivity contribution >= 4 is 22.0 Å². The zero-order chi connectivity index (χ0) is 13.3. The van der Waals surface area contributed by atoms with Crippen LogP contribution in [0.15, 0.2) is 22.7 Å². The summed E-state index contributed by atoms with van der Waals surface area (Å²) in [7, 11) is 1.81. The smallest absolute Gasteiger partial charge is 0.320 e. The topological polar surface area (TPSA) is 43.8 Å². The standard InChI is InChI=1S/C13H17BrN2O2/c1-9-3-4-10(14)7-11(9)12-8-16(5-6-17)13(18)15(12)2/h3-4,7,12,17H,5-6,8H2,1-2H3. The van der Waals surface area contributed by atoms with E-state index >= 15 is 0 Å². The summed E-state index contributed by atoms with van der Waals surface area (Å²) in [4.78, 5) is 15.4. The highest BCUT2D eigenvalue weighted by atomic mass is 79.9. The van der Waals surface area contributed by atoms with Crippen LogP contribution in [0.1, 0.15) is 17.2 Å². The van der Waals surface area contributed by atoms with E-state index in [-0.39, 0.29) is 18.7 Å². The Morgan fingerprint density at radius 1 is 1.50 bits per heavy atom. The molecule has 1 aromatic carbocycles. The van der Waals surface area contributed by atoms with E-state index in [1.807, 2.05) is 19.2 Å². The lowest BCUT2D eigenvalue weighted by Crippen LogP contribution is -2.31. The highest BCUT2D eigenvalue weighted by Gasteiger charge is 2.35. The molecular formula is C13H17BrN2O2. The van der Waals surface area contributed by atoms with E-state index in [9.17, 15) is 4.79 Å². The molecule has 1 aromatic rings. The van der Waals surface area contributed by atoms with Crippen LogP contribution in [-0.4, -0.2) is 47.7 Å². The van der Waals surface area contributed by atoms with Gasteiger partial charge in [-0.25, -0.2) is 4.79 Å². The van der Waals surface area contributed by atoms with Crippen LogP contribution >= 0.6 is 15.9 Å². The van der Waals surface area contributed by atoms with Gasteiger partial charge in [-0.2, -0.15) is 0 Å². The van der Waals surface area contributed by atoms with Gasteiger partial charge in [0.1, 0.15) is 0 Å². The second-order valence-corrected chi connectivity index (χ2v) is 5.50. The van der Waals surface area contributed by atoms with Gasteiger partial charge in [-0.3, -0.25) is 0 Å². The van der Waals surface area contributed by atoms with Crippen molar-refractivity contribution in [3.63, 3.8) is 0 Å². The lowest BCUT2D eigenvalue weighted by molar-refractivity contribution is 0.182. The molecule has 1 N–H and O–H groups in total. The Balaban J connectivity index is 2.29. The summed E-state index contributed by atoms with van der Waals surface area (Å²) >= 11 is 3.47. The highest BCUT2D eigenvalue weighted by molar-refractivity contribution is 9.10. The Labute approximate surface area is 115 Å². The van der Waals surface area contributed by atoms with E-state index in [4.69, 9.17) is 5.11 Å². The fourth-order valence-electron chi connectivity index (χ4n) is 2.35. The SMILES string of the molecule is Cc1ccc(Br)cc1C1CN(CCO)C(=O)N1C. The molecule has 0 aliphatic carbocycles. The molecule has 2 amide bonds. The van der Waals surface area contributed by atoms with Gasteiger partial charge in [0.05, 0.1) is 12.6 Å². The van der Waals surface area contributed by atoms with E-state index < -0.39 is 0 Å². The molecule has 0 spiro atoms. The largest absolute Gasteiger partial charge is 0.395 e. The van der Waals surface area contributed by atoms with Crippen LogP contribution in [0.3, 0.4) is 0 Å². The third-order valence-corrected chi connectivity index (χ3v) is 3.90. The lowest BCUT2D eigenvalue weighted by Gasteiger charge is -2.20. The second-order valence-electron chi connectivity index (χ2n) is 4.58. The van der Waals surface area contributed by atoms with Gasteiger partial charge >= 0.3 is 6.03 Å². The number of carbonyl (C=O) groups excluding carboxylic acids is 1. The Morgan fingerprint density at radius 2 is 2.22 bits per heavy atom. The summed E-state index contributed by atoms with van der Waals surface area (Å²) in [5.41, 5.74) is 2.33. The van der Waals surface area contributed by atoms with Crippen LogP contribution in [0.2, 0.25) is 0 Å². The van der Waals surface area contributed by atoms with Gasteiger partial charge < -0.3 is 14.9 Å². The third kappa shape index (κ3) is 2.37. The summed E-state index contributed by atoms with van der Waals surface area (Å²) in [6, 6.07) is 6.15. The van der Waals surface area contributed by atoms with Crippen molar-refractivity contribution in [3.8, 4) is 0 Å². The van der Waals surface area contributed by atoms with Crippen molar-refractivity contribution in [2.24, 2.45) is 0 Å². The molecule has 1 atom stereocenters. The highest BCUT2D eigenvalue weighted by Crippen LogP contribution is 2.31. The van der Waals surface area contributed by atoms with E-state index in [0.717, 1.165) is 10.0 Å². The summed E-state index contributed by atoms with van der Waals surface area (Å²) in [5, 5.41) is 8.97. The average molecular weight is 313 g/mol. The number of urea groups is 1. The number of aliphatic hydroxyl groups excluding tert-OH is 1. The zero-order valence-corrected chi connectivity index (χ0v) is 12.1. The molecule has 2 rings (SSSR count). The molecule has 0 radical (unpaired) electrons. The first-order valence-corrected chi connectivity index (χ1v) is 6.72. The number of benzene rings is 1. The number of aryl methyl sites for hydroxylation is 1. The Morgan fingerprint density at radius 3 is 2.89 bits per heavy atom. The summed E-state index contributed by atoms with van der Waals surface area (Å²) < 4.78 is 1.02. The summed E-state index contributed by atoms with van der Waals surface area (Å²) in [6.45, 7) is 3.08. The van der Waals surface area contributed by atoms with Gasteiger partial charge in [0.25, 0.3) is 0 Å². The van der Waals surface area contributed by atoms with Gasteiger partial charge in [-0.1, -0.05) is 22.0 Å². The molecule has 1 unspecified atom stereocenters. The third-order valence-electron chi connectivity index (χ3n) is 3.40. The monoisotopic (exact) mass is 312 g/mol. The number of amides is 2. The van der Waals surface area contributed by atoms with Crippen molar-refractivity contribution in [3.05, 3.63) is 33.8 Å². The molecule has 0 aromatic heterocycles. The van der Waals surface area contributed by atoms with Crippen LogP contribution in [0.4, 0.5) is 4.79 Å². The molecule has 0 saturated carbocycles. The van der Waals surface area contributed by atoms with Crippen LogP contribution < -0.4 is 0 Å². The van der Waals surface area contributed by atoms with Gasteiger partial charge in [-0.05, 0) is 30.2 Å². The predicted molar refractivity (Wildman–Crippen MR) is 73.4 cm³/mol. The molecule has 1 saturated heterocycles. The fourth-order valence-corrected chi connectivity index (χ4v) is 2.73. The molecule has 1 aliphatic heterocycles. The Hall–Kier alpha value is -1.07. The maximum atomic E-state index is 12.0. The lowest BCUT2D eigenvalue weighted by atomic mass is 10.0. The number of carbonyl (C=O) groups is 1. The van der Waals surface area contributed by atoms with Crippen molar-refractivity contribution < 1.29 is 9.90 Å². The normalized spacial score (nSPS) is 19.8. The number of hydrogen-bond acceptors (Lipinski definition) is 2. The Kier molecular flexibility index (Phi) is 3.92. The molecular weight excluding hydrogens is 296 g/mol. The van der Waals surface area contributed by atoms with Crippen LogP contribution in [0.5, 0.6) is 0 Å². The van der Waals surface area contributed by atoms with E-state index in [0.29, 0.717) is 13.1 Å². The van der Waals surface area contributed by atoms with E-state index in [1.54, 1.807) is 9.80 Å². The van der Waals surface area contributed by atoms with Crippen molar-refractivity contribution in [1.29, 1.82) is 0 Å².